The molecule has 3 rings (SSSR count). The molecule has 22 heavy (non-hydrogen) atoms. The van der Waals surface area contributed by atoms with Crippen molar-refractivity contribution >= 4 is 5.97 Å². The first kappa shape index (κ1) is 14.7. The van der Waals surface area contributed by atoms with Gasteiger partial charge in [-0.2, -0.15) is 0 Å². The van der Waals surface area contributed by atoms with Gasteiger partial charge < -0.3 is 14.9 Å². The van der Waals surface area contributed by atoms with Crippen LogP contribution in [0.3, 0.4) is 0 Å². The molecule has 0 aromatic heterocycles. The number of aliphatic hydroxyl groups is 2. The summed E-state index contributed by atoms with van der Waals surface area (Å²) in [5.41, 5.74) is 3.03. The van der Waals surface area contributed by atoms with Gasteiger partial charge in [0.2, 0.25) is 0 Å². The lowest BCUT2D eigenvalue weighted by molar-refractivity contribution is -0.152. The zero-order valence-electron chi connectivity index (χ0n) is 12.1. The van der Waals surface area contributed by atoms with E-state index in [9.17, 15) is 15.0 Å². The second-order valence-corrected chi connectivity index (χ2v) is 5.17. The summed E-state index contributed by atoms with van der Waals surface area (Å²) >= 11 is 0. The van der Waals surface area contributed by atoms with Gasteiger partial charge in [-0.05, 0) is 11.1 Å². The fourth-order valence-corrected chi connectivity index (χ4v) is 2.83. The highest BCUT2D eigenvalue weighted by Crippen LogP contribution is 2.43. The van der Waals surface area contributed by atoms with Crippen LogP contribution in [0.15, 0.2) is 48.5 Å². The van der Waals surface area contributed by atoms with Gasteiger partial charge in [0.15, 0.2) is 0 Å². The molecule has 0 saturated heterocycles. The monoisotopic (exact) mass is 299 g/mol. The Morgan fingerprint density at radius 2 is 1.82 bits per heavy atom. The van der Waals surface area contributed by atoms with Gasteiger partial charge >= 0.3 is 5.97 Å². The molecule has 1 aliphatic heterocycles. The van der Waals surface area contributed by atoms with E-state index in [1.165, 1.54) is 12.0 Å². The number of hydrogen-bond acceptors (Lipinski definition) is 5. The van der Waals surface area contributed by atoms with E-state index in [0.29, 0.717) is 11.1 Å². The number of carbonyl (C=O) groups excluding carboxylic acids is 1. The molecule has 2 unspecified atom stereocenters. The first-order valence-electron chi connectivity index (χ1n) is 7.00. The molecule has 0 spiro atoms. The summed E-state index contributed by atoms with van der Waals surface area (Å²) in [5, 5.41) is 20.9. The highest BCUT2D eigenvalue weighted by Gasteiger charge is 2.39. The Balaban J connectivity index is 2.04. The van der Waals surface area contributed by atoms with Gasteiger partial charge in [0.05, 0.1) is 7.11 Å². The van der Waals surface area contributed by atoms with E-state index in [1.54, 1.807) is 6.07 Å². The fourth-order valence-electron chi connectivity index (χ4n) is 2.83. The van der Waals surface area contributed by atoms with Crippen LogP contribution in [0.25, 0.3) is 11.1 Å². The fraction of sp³-hybridized carbons (Fsp3) is 0.235. The third-order valence-corrected chi connectivity index (χ3v) is 3.93. The SMILES string of the molecule is COC(=O)CN1C(O)c2cccc(-c3ccccc3)c2C1O. The topological polar surface area (TPSA) is 70.0 Å². The van der Waals surface area contributed by atoms with E-state index in [-0.39, 0.29) is 6.54 Å². The lowest BCUT2D eigenvalue weighted by atomic mass is 9.96. The molecular weight excluding hydrogens is 282 g/mol. The molecule has 0 amide bonds. The quantitative estimate of drug-likeness (QED) is 0.846. The molecule has 2 N–H and O–H groups in total. The molecule has 2 atom stereocenters. The molecule has 5 heteroatoms. The van der Waals surface area contributed by atoms with Crippen molar-refractivity contribution in [2.24, 2.45) is 0 Å². The summed E-state index contributed by atoms with van der Waals surface area (Å²) in [6, 6.07) is 15.1. The van der Waals surface area contributed by atoms with Crippen molar-refractivity contribution in [2.75, 3.05) is 13.7 Å². The second-order valence-electron chi connectivity index (χ2n) is 5.17. The normalized spacial score (nSPS) is 20.7. The molecule has 2 aromatic carbocycles. The van der Waals surface area contributed by atoms with Crippen molar-refractivity contribution in [1.82, 2.24) is 4.90 Å². The van der Waals surface area contributed by atoms with E-state index in [4.69, 9.17) is 0 Å². The van der Waals surface area contributed by atoms with Crippen molar-refractivity contribution in [2.45, 2.75) is 12.5 Å². The number of aliphatic hydroxyl groups excluding tert-OH is 2. The lowest BCUT2D eigenvalue weighted by Crippen LogP contribution is -2.32. The van der Waals surface area contributed by atoms with E-state index in [0.717, 1.165) is 11.1 Å². The van der Waals surface area contributed by atoms with Gasteiger partial charge in [-0.3, -0.25) is 4.79 Å². The van der Waals surface area contributed by atoms with Crippen LogP contribution in [0.1, 0.15) is 23.6 Å². The van der Waals surface area contributed by atoms with Crippen LogP contribution in [0, 0.1) is 0 Å². The molecular formula is C17H17NO4. The number of rotatable bonds is 3. The number of ether oxygens (including phenoxy) is 1. The number of methoxy groups -OCH3 is 1. The van der Waals surface area contributed by atoms with Crippen molar-refractivity contribution in [3.8, 4) is 11.1 Å². The Hall–Kier alpha value is -2.21. The average molecular weight is 299 g/mol. The minimum atomic E-state index is -1.06. The van der Waals surface area contributed by atoms with Gasteiger partial charge in [-0.25, -0.2) is 4.90 Å². The predicted molar refractivity (Wildman–Crippen MR) is 80.5 cm³/mol. The van der Waals surface area contributed by atoms with E-state index in [2.05, 4.69) is 4.74 Å². The maximum atomic E-state index is 11.5. The Bertz CT molecular complexity index is 686. The summed E-state index contributed by atoms with van der Waals surface area (Å²) in [6.45, 7) is -0.179. The molecule has 0 fully saturated rings. The van der Waals surface area contributed by atoms with Crippen molar-refractivity contribution < 1.29 is 19.7 Å². The minimum absolute atomic E-state index is 0.179. The van der Waals surface area contributed by atoms with Crippen LogP contribution in [-0.4, -0.2) is 34.7 Å². The maximum Gasteiger partial charge on any atom is 0.320 e. The van der Waals surface area contributed by atoms with Gasteiger partial charge in [0, 0.05) is 11.1 Å². The third kappa shape index (κ3) is 2.39. The summed E-state index contributed by atoms with van der Waals surface area (Å²) in [7, 11) is 1.28. The summed E-state index contributed by atoms with van der Waals surface area (Å²) < 4.78 is 4.62. The van der Waals surface area contributed by atoms with Crippen LogP contribution < -0.4 is 0 Å². The summed E-state index contributed by atoms with van der Waals surface area (Å²) in [5.74, 6) is -0.507. The van der Waals surface area contributed by atoms with Crippen LogP contribution in [0.4, 0.5) is 0 Å². The summed E-state index contributed by atoms with van der Waals surface area (Å²) in [4.78, 5) is 12.8. The van der Waals surface area contributed by atoms with Gasteiger partial charge in [0.1, 0.15) is 19.0 Å². The van der Waals surface area contributed by atoms with Crippen LogP contribution in [-0.2, 0) is 9.53 Å². The van der Waals surface area contributed by atoms with Crippen LogP contribution in [0.2, 0.25) is 0 Å². The number of benzene rings is 2. The molecule has 0 bridgehead atoms. The van der Waals surface area contributed by atoms with E-state index in [1.807, 2.05) is 42.5 Å². The molecule has 114 valence electrons. The van der Waals surface area contributed by atoms with Crippen LogP contribution in [0.5, 0.6) is 0 Å². The molecule has 0 saturated carbocycles. The van der Waals surface area contributed by atoms with Crippen molar-refractivity contribution in [1.29, 1.82) is 0 Å². The van der Waals surface area contributed by atoms with E-state index >= 15 is 0 Å². The minimum Gasteiger partial charge on any atom is -0.468 e. The van der Waals surface area contributed by atoms with Crippen molar-refractivity contribution in [3.63, 3.8) is 0 Å². The maximum absolute atomic E-state index is 11.5. The Kier molecular flexibility index (Phi) is 3.94. The van der Waals surface area contributed by atoms with Gasteiger partial charge in [0.25, 0.3) is 0 Å². The number of nitrogens with zero attached hydrogens (tertiary/aromatic N) is 1. The first-order valence-corrected chi connectivity index (χ1v) is 7.00. The first-order chi connectivity index (χ1) is 10.6. The Labute approximate surface area is 128 Å². The molecule has 0 aliphatic carbocycles. The highest BCUT2D eigenvalue weighted by atomic mass is 16.5. The summed E-state index contributed by atoms with van der Waals surface area (Å²) in [6.07, 6.45) is -2.09. The largest absolute Gasteiger partial charge is 0.468 e. The van der Waals surface area contributed by atoms with Crippen molar-refractivity contribution in [3.05, 3.63) is 59.7 Å². The van der Waals surface area contributed by atoms with Gasteiger partial charge in [-0.15, -0.1) is 0 Å². The zero-order valence-corrected chi connectivity index (χ0v) is 12.1. The van der Waals surface area contributed by atoms with Crippen LogP contribution >= 0.6 is 0 Å². The molecule has 1 aliphatic rings. The standard InChI is InChI=1S/C17H17NO4/c1-22-14(19)10-18-16(20)13-9-5-8-12(15(13)17(18)21)11-6-3-2-4-7-11/h2-9,16-17,20-21H,10H2,1H3. The van der Waals surface area contributed by atoms with Gasteiger partial charge in [-0.1, -0.05) is 48.5 Å². The lowest BCUT2D eigenvalue weighted by Gasteiger charge is -2.22. The van der Waals surface area contributed by atoms with E-state index < -0.39 is 18.4 Å². The second kappa shape index (κ2) is 5.88. The molecule has 0 radical (unpaired) electrons. The number of hydrogen-bond donors (Lipinski definition) is 2. The zero-order chi connectivity index (χ0) is 15.7. The average Bonchev–Trinajstić information content (AvgIpc) is 2.80. The number of fused-ring (bicyclic) bond motifs is 1. The molecule has 1 heterocycles. The Morgan fingerprint density at radius 1 is 1.09 bits per heavy atom. The highest BCUT2D eigenvalue weighted by molar-refractivity contribution is 5.73. The molecule has 5 nitrogen and oxygen atoms in total. The smallest absolute Gasteiger partial charge is 0.320 e. The Morgan fingerprint density at radius 3 is 2.50 bits per heavy atom. The number of esters is 1. The number of carbonyl (C=O) groups is 1. The third-order valence-electron chi connectivity index (χ3n) is 3.93. The molecule has 2 aromatic rings. The predicted octanol–water partition coefficient (Wildman–Crippen LogP) is 1.82.